The fourth-order valence-corrected chi connectivity index (χ4v) is 2.48. The predicted molar refractivity (Wildman–Crippen MR) is 72.7 cm³/mol. The van der Waals surface area contributed by atoms with Crippen LogP contribution >= 0.6 is 0 Å². The molecule has 1 aliphatic rings. The minimum atomic E-state index is 0.345. The van der Waals surface area contributed by atoms with E-state index in [1.54, 1.807) is 13.2 Å². The van der Waals surface area contributed by atoms with Gasteiger partial charge < -0.3 is 15.0 Å². The standard InChI is InChI=1S/C13H19N3O2/c1-9-7-16(8-10(2)14-9)11-4-5-12(15-17)13(6-11)18-3/h4-6,9-10,14H,7-8H2,1-3H3. The first-order valence-electron chi connectivity index (χ1n) is 6.16. The Morgan fingerprint density at radius 3 is 2.56 bits per heavy atom. The van der Waals surface area contributed by atoms with E-state index in [4.69, 9.17) is 4.74 Å². The highest BCUT2D eigenvalue weighted by Crippen LogP contribution is 2.32. The van der Waals surface area contributed by atoms with Gasteiger partial charge in [0.25, 0.3) is 0 Å². The van der Waals surface area contributed by atoms with Crippen molar-refractivity contribution in [2.45, 2.75) is 25.9 Å². The first kappa shape index (κ1) is 12.8. The molecule has 0 bridgehead atoms. The van der Waals surface area contributed by atoms with E-state index in [2.05, 4.69) is 29.2 Å². The van der Waals surface area contributed by atoms with Crippen molar-refractivity contribution in [3.63, 3.8) is 0 Å². The third-order valence-electron chi connectivity index (χ3n) is 3.18. The number of piperazine rings is 1. The fraction of sp³-hybridized carbons (Fsp3) is 0.538. The molecule has 0 aliphatic carbocycles. The van der Waals surface area contributed by atoms with Gasteiger partial charge in [-0.15, -0.1) is 4.91 Å². The summed E-state index contributed by atoms with van der Waals surface area (Å²) in [6.07, 6.45) is 0. The Kier molecular flexibility index (Phi) is 3.81. The highest BCUT2D eigenvalue weighted by molar-refractivity contribution is 5.62. The van der Waals surface area contributed by atoms with Crippen molar-refractivity contribution in [1.82, 2.24) is 5.32 Å². The Hall–Kier alpha value is -1.62. The minimum absolute atomic E-state index is 0.345. The second kappa shape index (κ2) is 5.35. The third-order valence-corrected chi connectivity index (χ3v) is 3.18. The van der Waals surface area contributed by atoms with Gasteiger partial charge in [0.2, 0.25) is 0 Å². The molecule has 1 heterocycles. The quantitative estimate of drug-likeness (QED) is 0.835. The van der Waals surface area contributed by atoms with Crippen molar-refractivity contribution in [2.24, 2.45) is 5.18 Å². The van der Waals surface area contributed by atoms with Crippen LogP contribution in [-0.2, 0) is 0 Å². The number of rotatable bonds is 3. The summed E-state index contributed by atoms with van der Waals surface area (Å²) in [5, 5.41) is 6.44. The highest BCUT2D eigenvalue weighted by atomic mass is 16.5. The van der Waals surface area contributed by atoms with Crippen molar-refractivity contribution in [3.05, 3.63) is 23.1 Å². The molecule has 18 heavy (non-hydrogen) atoms. The molecule has 1 fully saturated rings. The van der Waals surface area contributed by atoms with E-state index in [1.807, 2.05) is 12.1 Å². The SMILES string of the molecule is COc1cc(N2CC(C)NC(C)C2)ccc1N=O. The largest absolute Gasteiger partial charge is 0.494 e. The number of nitroso groups, excluding NO2 is 1. The predicted octanol–water partition coefficient (Wildman–Crippen LogP) is 2.28. The normalized spacial score (nSPS) is 23.8. The summed E-state index contributed by atoms with van der Waals surface area (Å²) >= 11 is 0. The Bertz CT molecular complexity index is 426. The molecule has 2 rings (SSSR count). The number of nitrogens with one attached hydrogen (secondary N) is 1. The zero-order chi connectivity index (χ0) is 13.1. The van der Waals surface area contributed by atoms with E-state index in [0.29, 0.717) is 23.5 Å². The van der Waals surface area contributed by atoms with Crippen LogP contribution in [0.2, 0.25) is 0 Å². The molecule has 1 N–H and O–H groups in total. The number of benzene rings is 1. The zero-order valence-corrected chi connectivity index (χ0v) is 11.0. The molecule has 1 aliphatic heterocycles. The summed E-state index contributed by atoms with van der Waals surface area (Å²) in [5.74, 6) is 0.529. The molecule has 1 aromatic carbocycles. The van der Waals surface area contributed by atoms with Gasteiger partial charge in [-0.25, -0.2) is 0 Å². The van der Waals surface area contributed by atoms with Crippen LogP contribution < -0.4 is 15.0 Å². The molecule has 2 unspecified atom stereocenters. The van der Waals surface area contributed by atoms with Crippen LogP contribution in [0, 0.1) is 4.91 Å². The van der Waals surface area contributed by atoms with Crippen LogP contribution in [0.15, 0.2) is 23.4 Å². The average molecular weight is 249 g/mol. The highest BCUT2D eigenvalue weighted by Gasteiger charge is 2.21. The van der Waals surface area contributed by atoms with Crippen molar-refractivity contribution in [2.75, 3.05) is 25.1 Å². The van der Waals surface area contributed by atoms with E-state index in [1.165, 1.54) is 0 Å². The zero-order valence-electron chi connectivity index (χ0n) is 11.0. The molecule has 5 nitrogen and oxygen atoms in total. The summed E-state index contributed by atoms with van der Waals surface area (Å²) in [4.78, 5) is 12.9. The maximum absolute atomic E-state index is 10.6. The van der Waals surface area contributed by atoms with E-state index in [-0.39, 0.29) is 0 Å². The molecule has 0 aromatic heterocycles. The molecule has 2 atom stereocenters. The van der Waals surface area contributed by atoms with Crippen LogP contribution in [0.3, 0.4) is 0 Å². The minimum Gasteiger partial charge on any atom is -0.494 e. The molecule has 1 saturated heterocycles. The van der Waals surface area contributed by atoms with Crippen molar-refractivity contribution in [1.29, 1.82) is 0 Å². The van der Waals surface area contributed by atoms with Gasteiger partial charge in [-0.3, -0.25) is 0 Å². The van der Waals surface area contributed by atoms with Crippen molar-refractivity contribution >= 4 is 11.4 Å². The third kappa shape index (κ3) is 2.61. The van der Waals surface area contributed by atoms with E-state index in [0.717, 1.165) is 18.8 Å². The monoisotopic (exact) mass is 249 g/mol. The van der Waals surface area contributed by atoms with E-state index < -0.39 is 0 Å². The van der Waals surface area contributed by atoms with Crippen LogP contribution in [0.4, 0.5) is 11.4 Å². The van der Waals surface area contributed by atoms with Crippen molar-refractivity contribution in [3.8, 4) is 5.75 Å². The second-order valence-electron chi connectivity index (χ2n) is 4.82. The van der Waals surface area contributed by atoms with Crippen molar-refractivity contribution < 1.29 is 4.74 Å². The molecule has 0 amide bonds. The topological polar surface area (TPSA) is 53.9 Å². The maximum Gasteiger partial charge on any atom is 0.150 e. The van der Waals surface area contributed by atoms with Gasteiger partial charge >= 0.3 is 0 Å². The van der Waals surface area contributed by atoms with Gasteiger partial charge in [-0.2, -0.15) is 0 Å². The Morgan fingerprint density at radius 1 is 1.33 bits per heavy atom. The molecular weight excluding hydrogens is 230 g/mol. The lowest BCUT2D eigenvalue weighted by atomic mass is 10.1. The lowest BCUT2D eigenvalue weighted by Gasteiger charge is -2.37. The fourth-order valence-electron chi connectivity index (χ4n) is 2.48. The summed E-state index contributed by atoms with van der Waals surface area (Å²) in [5.41, 5.74) is 1.41. The molecule has 0 radical (unpaired) electrons. The van der Waals surface area contributed by atoms with Gasteiger partial charge in [0.15, 0.2) is 0 Å². The van der Waals surface area contributed by atoms with E-state index >= 15 is 0 Å². The number of anilines is 1. The lowest BCUT2D eigenvalue weighted by molar-refractivity contribution is 0.403. The first-order chi connectivity index (χ1) is 8.63. The van der Waals surface area contributed by atoms with Crippen LogP contribution in [-0.4, -0.2) is 32.3 Å². The summed E-state index contributed by atoms with van der Waals surface area (Å²) in [6.45, 7) is 6.23. The van der Waals surface area contributed by atoms with Crippen LogP contribution in [0.5, 0.6) is 5.75 Å². The number of methoxy groups -OCH3 is 1. The molecule has 0 spiro atoms. The van der Waals surface area contributed by atoms with Crippen LogP contribution in [0.25, 0.3) is 0 Å². The van der Waals surface area contributed by atoms with Crippen LogP contribution in [0.1, 0.15) is 13.8 Å². The first-order valence-corrected chi connectivity index (χ1v) is 6.16. The van der Waals surface area contributed by atoms with Gasteiger partial charge in [0.05, 0.1) is 7.11 Å². The number of hydrogen-bond acceptors (Lipinski definition) is 5. The molecule has 1 aromatic rings. The lowest BCUT2D eigenvalue weighted by Crippen LogP contribution is -2.54. The maximum atomic E-state index is 10.6. The molecule has 98 valence electrons. The average Bonchev–Trinajstić information content (AvgIpc) is 2.36. The Labute approximate surface area is 107 Å². The van der Waals surface area contributed by atoms with Gasteiger partial charge in [0.1, 0.15) is 11.4 Å². The summed E-state index contributed by atoms with van der Waals surface area (Å²) < 4.78 is 5.19. The second-order valence-corrected chi connectivity index (χ2v) is 4.82. The van der Waals surface area contributed by atoms with Gasteiger partial charge in [0, 0.05) is 36.9 Å². The summed E-state index contributed by atoms with van der Waals surface area (Å²) in [7, 11) is 1.55. The summed E-state index contributed by atoms with van der Waals surface area (Å²) in [6, 6.07) is 6.40. The Balaban J connectivity index is 2.25. The van der Waals surface area contributed by atoms with Gasteiger partial charge in [-0.05, 0) is 31.2 Å². The van der Waals surface area contributed by atoms with Gasteiger partial charge in [-0.1, -0.05) is 0 Å². The number of ether oxygens (including phenoxy) is 1. The smallest absolute Gasteiger partial charge is 0.150 e. The van der Waals surface area contributed by atoms with E-state index in [9.17, 15) is 4.91 Å². The Morgan fingerprint density at radius 2 is 2.00 bits per heavy atom. The molecule has 5 heteroatoms. The molecular formula is C13H19N3O2. The number of nitrogens with zero attached hydrogens (tertiary/aromatic N) is 2. The number of hydrogen-bond donors (Lipinski definition) is 1. The molecule has 0 saturated carbocycles.